The molecule has 0 radical (unpaired) electrons. The second kappa shape index (κ2) is 30.1. The summed E-state index contributed by atoms with van der Waals surface area (Å²) in [6.45, 7) is 7.12. The minimum atomic E-state index is -5.06. The van der Waals surface area contributed by atoms with E-state index in [1.165, 1.54) is 45.3 Å². The summed E-state index contributed by atoms with van der Waals surface area (Å²) in [6, 6.07) is 7.90. The standard InChI is InChI=1S/C56H77N7O18S/c1-9-31(3)46-56(74)81-33(5)47(61-50(68)41(26-18-35-13-21-38(65)22-14-35)57-52(70)44(79-8)30-80-82(75,76)77)53(71)58-40(25-17-34-11-19-37(64)20-12-34)49(67)59-42-27-28-45(66)63(54(42)72)48(32(4)10-2)55(73)62(6)43(51(69)60-46)29-36-15-23-39(78-7)24-16-36/h11-16,19-24,31-33,40-48,64-66H,9-10,17-18,25-30H2,1-8H3,(H,57,70)(H,58,71)(H,59,67)(H,60,69)(H,61,68)(H,75,76,77)/t31?,32?,33-,40?,41+,42+,43+,44-,45-,46+,47?,48?/m1/s1. The molecule has 25 nitrogen and oxygen atoms in total. The van der Waals surface area contributed by atoms with Gasteiger partial charge >= 0.3 is 16.4 Å². The predicted octanol–water partition coefficient (Wildman–Crippen LogP) is 1.35. The molecule has 5 unspecified atom stereocenters. The minimum absolute atomic E-state index is 0.0434. The highest BCUT2D eigenvalue weighted by Crippen LogP contribution is 2.28. The fourth-order valence-corrected chi connectivity index (χ4v) is 9.84. The number of benzene rings is 3. The van der Waals surface area contributed by atoms with Crippen molar-refractivity contribution >= 4 is 57.7 Å². The highest BCUT2D eigenvalue weighted by Gasteiger charge is 2.47. The zero-order valence-corrected chi connectivity index (χ0v) is 48.1. The molecule has 2 fully saturated rings. The quantitative estimate of drug-likeness (QED) is 0.0537. The molecule has 0 spiro atoms. The van der Waals surface area contributed by atoms with Crippen LogP contribution < -0.4 is 31.3 Å². The molecule has 5 rings (SSSR count). The number of aliphatic hydroxyl groups excluding tert-OH is 1. The van der Waals surface area contributed by atoms with E-state index in [9.17, 15) is 57.1 Å². The number of aryl methyl sites for hydroxylation is 2. The number of rotatable bonds is 21. The van der Waals surface area contributed by atoms with E-state index in [0.717, 1.165) is 16.9 Å². The maximum Gasteiger partial charge on any atom is 0.397 e. The van der Waals surface area contributed by atoms with Gasteiger partial charge in [-0.05, 0) is 110 Å². The van der Waals surface area contributed by atoms with Crippen molar-refractivity contribution in [2.45, 2.75) is 153 Å². The Kier molecular flexibility index (Phi) is 24.0. The SMILES string of the molecule is CCC(C)C1C(=O)N(C)[C@@H](Cc2ccc(OC)cc2)C(=O)N[C@@H](C(C)CC)C(=O)O[C@H](C)C(NC(=O)[C@H](CCc2ccc(O)cc2)NC(=O)[C@@H](COS(=O)(=O)O)OC)C(=O)NC(CCc2ccc(O)cc2)C(=O)N[C@H]2CC[C@@H](O)N1C2=O. The van der Waals surface area contributed by atoms with Crippen LogP contribution in [0.3, 0.4) is 0 Å². The second-order valence-electron chi connectivity index (χ2n) is 20.7. The number of methoxy groups -OCH3 is 2. The molecule has 0 aromatic heterocycles. The molecule has 12 atom stereocenters. The molecule has 2 heterocycles. The molecule has 7 amide bonds. The smallest absolute Gasteiger partial charge is 0.397 e. The van der Waals surface area contributed by atoms with Gasteiger partial charge in [-0.3, -0.25) is 38.1 Å². The molecule has 3 aromatic rings. The van der Waals surface area contributed by atoms with Crippen molar-refractivity contribution in [1.29, 1.82) is 0 Å². The fraction of sp³-hybridized carbons (Fsp3) is 0.536. The molecule has 0 aliphatic carbocycles. The summed E-state index contributed by atoms with van der Waals surface area (Å²) in [6.07, 6.45) is -4.90. The van der Waals surface area contributed by atoms with Crippen molar-refractivity contribution in [2.75, 3.05) is 27.9 Å². The van der Waals surface area contributed by atoms with E-state index < -0.39 is 137 Å². The van der Waals surface area contributed by atoms with E-state index in [4.69, 9.17) is 14.2 Å². The molecule has 82 heavy (non-hydrogen) atoms. The number of likely N-dealkylation sites (N-methyl/N-ethyl adjacent to an activating group) is 1. The minimum Gasteiger partial charge on any atom is -0.508 e. The molecule has 450 valence electrons. The lowest BCUT2D eigenvalue weighted by atomic mass is 9.91. The van der Waals surface area contributed by atoms with Gasteiger partial charge in [0.1, 0.15) is 78.5 Å². The van der Waals surface area contributed by atoms with E-state index >= 15 is 9.59 Å². The van der Waals surface area contributed by atoms with Crippen molar-refractivity contribution in [3.63, 3.8) is 0 Å². The van der Waals surface area contributed by atoms with Gasteiger partial charge in [0.2, 0.25) is 35.4 Å². The number of aromatic hydroxyl groups is 2. The first kappa shape index (κ1) is 65.4. The molecule has 9 N–H and O–H groups in total. The molecule has 2 aliphatic heterocycles. The molecule has 0 saturated carbocycles. The van der Waals surface area contributed by atoms with Gasteiger partial charge in [0.05, 0.1) is 7.11 Å². The van der Waals surface area contributed by atoms with Crippen LogP contribution >= 0.6 is 0 Å². The van der Waals surface area contributed by atoms with Crippen molar-refractivity contribution in [3.05, 3.63) is 89.5 Å². The number of piperidine rings is 1. The summed E-state index contributed by atoms with van der Waals surface area (Å²) in [4.78, 5) is 120. The first-order valence-electron chi connectivity index (χ1n) is 27.1. The average Bonchev–Trinajstić information content (AvgIpc) is 3.05. The molecular weight excluding hydrogens is 1090 g/mol. The first-order chi connectivity index (χ1) is 38.8. The largest absolute Gasteiger partial charge is 0.508 e. The van der Waals surface area contributed by atoms with Crippen molar-refractivity contribution in [1.82, 2.24) is 36.4 Å². The van der Waals surface area contributed by atoms with Crippen molar-refractivity contribution in [3.8, 4) is 17.2 Å². The Morgan fingerprint density at radius 2 is 1.35 bits per heavy atom. The number of fused-ring (bicyclic) bond motifs is 2. The van der Waals surface area contributed by atoms with E-state index in [-0.39, 0.29) is 62.9 Å². The Morgan fingerprint density at radius 3 is 1.91 bits per heavy atom. The normalized spacial score (nSPS) is 24.0. The van der Waals surface area contributed by atoms with Crippen LogP contribution in [0.15, 0.2) is 72.8 Å². The second-order valence-corrected chi connectivity index (χ2v) is 21.8. The fourth-order valence-electron chi connectivity index (χ4n) is 9.55. The average molecular weight is 1170 g/mol. The number of carbonyl (C=O) groups is 8. The molecule has 2 bridgehead atoms. The number of hydrogen-bond acceptors (Lipinski definition) is 17. The zero-order chi connectivity index (χ0) is 60.6. The third-order valence-electron chi connectivity index (χ3n) is 15.0. The van der Waals surface area contributed by atoms with Crippen LogP contribution in [0.2, 0.25) is 0 Å². The Morgan fingerprint density at radius 1 is 0.768 bits per heavy atom. The Labute approximate surface area is 477 Å². The summed E-state index contributed by atoms with van der Waals surface area (Å²) in [5.41, 5.74) is 1.75. The summed E-state index contributed by atoms with van der Waals surface area (Å²) in [7, 11) is -1.18. The van der Waals surface area contributed by atoms with Gasteiger partial charge in [-0.2, -0.15) is 8.42 Å². The van der Waals surface area contributed by atoms with Crippen molar-refractivity contribution < 1.29 is 85.0 Å². The summed E-state index contributed by atoms with van der Waals surface area (Å²) in [5, 5.41) is 44.7. The molecular formula is C56H77N7O18S. The van der Waals surface area contributed by atoms with Crippen LogP contribution in [0.5, 0.6) is 17.2 Å². The number of phenols is 2. The van der Waals surface area contributed by atoms with Crippen LogP contribution in [0.1, 0.15) is 89.8 Å². The number of nitrogens with zero attached hydrogens (tertiary/aromatic N) is 2. The maximum absolute atomic E-state index is 15.1. The van der Waals surface area contributed by atoms with Gasteiger partial charge in [-0.15, -0.1) is 0 Å². The van der Waals surface area contributed by atoms with E-state index in [1.807, 2.05) is 0 Å². The van der Waals surface area contributed by atoms with E-state index in [2.05, 4.69) is 30.8 Å². The van der Waals surface area contributed by atoms with Gasteiger partial charge < -0.3 is 65.9 Å². The topological polar surface area (TPSA) is 355 Å². The first-order valence-corrected chi connectivity index (χ1v) is 28.5. The molecule has 26 heteroatoms. The lowest BCUT2D eigenvalue weighted by Gasteiger charge is -2.44. The molecule has 2 aliphatic rings. The van der Waals surface area contributed by atoms with Crippen LogP contribution in [0, 0.1) is 11.8 Å². The Balaban J connectivity index is 1.65. The highest BCUT2D eigenvalue weighted by atomic mass is 32.3. The van der Waals surface area contributed by atoms with Gasteiger partial charge in [0.25, 0.3) is 5.91 Å². The number of amides is 7. The van der Waals surface area contributed by atoms with Crippen LogP contribution in [0.25, 0.3) is 0 Å². The Hall–Kier alpha value is -7.39. The van der Waals surface area contributed by atoms with E-state index in [0.29, 0.717) is 28.9 Å². The number of carbonyl (C=O) groups excluding carboxylic acids is 8. The third kappa shape index (κ3) is 18.1. The Bertz CT molecular complexity index is 2810. The number of aliphatic hydroxyl groups is 1. The maximum atomic E-state index is 15.1. The third-order valence-corrected chi connectivity index (χ3v) is 15.4. The van der Waals surface area contributed by atoms with Gasteiger partial charge in [0, 0.05) is 20.6 Å². The van der Waals surface area contributed by atoms with Gasteiger partial charge in [-0.25, -0.2) is 8.98 Å². The zero-order valence-electron chi connectivity index (χ0n) is 47.2. The van der Waals surface area contributed by atoms with E-state index in [1.54, 1.807) is 76.2 Å². The number of cyclic esters (lactones) is 1. The number of ether oxygens (including phenoxy) is 3. The highest BCUT2D eigenvalue weighted by molar-refractivity contribution is 7.80. The number of nitrogens with one attached hydrogen (secondary N) is 5. The number of phenolic OH excluding ortho intramolecular Hbond substituents is 2. The van der Waals surface area contributed by atoms with Gasteiger partial charge in [0.15, 0.2) is 6.10 Å². The van der Waals surface area contributed by atoms with Crippen molar-refractivity contribution in [2.24, 2.45) is 11.8 Å². The number of hydrogen-bond donors (Lipinski definition) is 9. The summed E-state index contributed by atoms with van der Waals surface area (Å²) < 4.78 is 52.9. The number of esters is 1. The molecule has 3 aromatic carbocycles. The monoisotopic (exact) mass is 1170 g/mol. The predicted molar refractivity (Wildman–Crippen MR) is 294 cm³/mol. The lowest BCUT2D eigenvalue weighted by molar-refractivity contribution is -0.168. The summed E-state index contributed by atoms with van der Waals surface area (Å²) >= 11 is 0. The van der Waals surface area contributed by atoms with Gasteiger partial charge in [-0.1, -0.05) is 76.9 Å². The summed E-state index contributed by atoms with van der Waals surface area (Å²) in [5.74, 6) is -8.55. The van der Waals surface area contributed by atoms with Crippen LogP contribution in [0.4, 0.5) is 0 Å². The van der Waals surface area contributed by atoms with Crippen LogP contribution in [-0.2, 0) is 81.7 Å². The van der Waals surface area contributed by atoms with Crippen LogP contribution in [-0.4, -0.2) is 174 Å². The molecule has 2 saturated heterocycles. The lowest BCUT2D eigenvalue weighted by Crippen LogP contribution is -2.66.